The fraction of sp³-hybridized carbons (Fsp3) is 0.273. The Morgan fingerprint density at radius 1 is 1.29 bits per heavy atom. The molecule has 0 aliphatic heterocycles. The molecule has 6 heteroatoms. The maximum atomic E-state index is 13.0. The molecule has 1 aromatic heterocycles. The van der Waals surface area contributed by atoms with Crippen LogP contribution >= 0.6 is 0 Å². The molecule has 1 aromatic carbocycles. The molecule has 90 valence electrons. The first-order chi connectivity index (χ1) is 8.10. The van der Waals surface area contributed by atoms with Gasteiger partial charge in [0.1, 0.15) is 11.6 Å². The number of hydrogen-bond acceptors (Lipinski definition) is 4. The van der Waals surface area contributed by atoms with Crippen molar-refractivity contribution in [2.24, 2.45) is 5.73 Å². The Hall–Kier alpha value is -1.82. The largest absolute Gasteiger partial charge is 0.337 e. The van der Waals surface area contributed by atoms with Gasteiger partial charge in [0, 0.05) is 11.6 Å². The predicted octanol–water partition coefficient (Wildman–Crippen LogP) is 2.42. The van der Waals surface area contributed by atoms with Crippen LogP contribution in [0.15, 0.2) is 22.7 Å². The van der Waals surface area contributed by atoms with Crippen LogP contribution in [0.3, 0.4) is 0 Å². The molecule has 2 N–H and O–H groups in total. The zero-order valence-corrected chi connectivity index (χ0v) is 9.15. The Balaban J connectivity index is 2.36. The summed E-state index contributed by atoms with van der Waals surface area (Å²) < 4.78 is 30.9. The third kappa shape index (κ3) is 2.47. The van der Waals surface area contributed by atoms with Crippen molar-refractivity contribution < 1.29 is 13.3 Å². The molecular weight excluding hydrogens is 228 g/mol. The second kappa shape index (κ2) is 4.58. The molecule has 2 rings (SSSR count). The molecule has 2 aromatic rings. The molecular formula is C11H11F2N3O. The molecule has 4 nitrogen and oxygen atoms in total. The second-order valence-electron chi connectivity index (χ2n) is 3.63. The van der Waals surface area contributed by atoms with Crippen LogP contribution in [0.5, 0.6) is 0 Å². The van der Waals surface area contributed by atoms with Gasteiger partial charge in [-0.25, -0.2) is 8.78 Å². The standard InChI is InChI=1S/C11H11F2N3O/c1-2-9(14)11-15-10(16-17-11)6-3-7(12)5-8(13)4-6/h3-5,9H,2,14H2,1H3/t9-/m0/s1. The Morgan fingerprint density at radius 3 is 2.53 bits per heavy atom. The molecule has 1 atom stereocenters. The van der Waals surface area contributed by atoms with Gasteiger partial charge in [-0.05, 0) is 18.6 Å². The van der Waals surface area contributed by atoms with Crippen molar-refractivity contribution in [3.63, 3.8) is 0 Å². The highest BCUT2D eigenvalue weighted by atomic mass is 19.1. The van der Waals surface area contributed by atoms with Crippen LogP contribution in [0, 0.1) is 11.6 Å². The minimum absolute atomic E-state index is 0.127. The van der Waals surface area contributed by atoms with Crippen LogP contribution in [0.2, 0.25) is 0 Å². The van der Waals surface area contributed by atoms with Crippen LogP contribution in [0.25, 0.3) is 11.4 Å². The first-order valence-corrected chi connectivity index (χ1v) is 5.15. The van der Waals surface area contributed by atoms with Crippen LogP contribution in [-0.2, 0) is 0 Å². The summed E-state index contributed by atoms with van der Waals surface area (Å²) in [4.78, 5) is 4.00. The molecule has 0 spiro atoms. The van der Waals surface area contributed by atoms with Crippen LogP contribution in [0.4, 0.5) is 8.78 Å². The van der Waals surface area contributed by atoms with E-state index in [4.69, 9.17) is 10.3 Å². The van der Waals surface area contributed by atoms with Gasteiger partial charge in [-0.3, -0.25) is 0 Å². The monoisotopic (exact) mass is 239 g/mol. The SMILES string of the molecule is CC[C@H](N)c1nc(-c2cc(F)cc(F)c2)no1. The highest BCUT2D eigenvalue weighted by Crippen LogP contribution is 2.20. The summed E-state index contributed by atoms with van der Waals surface area (Å²) in [6.45, 7) is 1.87. The normalized spacial score (nSPS) is 12.7. The molecule has 0 saturated heterocycles. The van der Waals surface area contributed by atoms with Crippen LogP contribution in [-0.4, -0.2) is 10.1 Å². The third-order valence-corrected chi connectivity index (χ3v) is 2.32. The minimum Gasteiger partial charge on any atom is -0.337 e. The van der Waals surface area contributed by atoms with Gasteiger partial charge in [0.05, 0.1) is 6.04 Å². The summed E-state index contributed by atoms with van der Waals surface area (Å²) in [6.07, 6.45) is 0.638. The Kier molecular flexibility index (Phi) is 3.14. The van der Waals surface area contributed by atoms with Crippen molar-refractivity contribution in [1.82, 2.24) is 10.1 Å². The zero-order valence-electron chi connectivity index (χ0n) is 9.15. The van der Waals surface area contributed by atoms with Crippen molar-refractivity contribution in [2.45, 2.75) is 19.4 Å². The van der Waals surface area contributed by atoms with E-state index in [0.717, 1.165) is 18.2 Å². The van der Waals surface area contributed by atoms with E-state index < -0.39 is 11.6 Å². The molecule has 17 heavy (non-hydrogen) atoms. The first kappa shape index (κ1) is 11.7. The summed E-state index contributed by atoms with van der Waals surface area (Å²) >= 11 is 0. The highest BCUT2D eigenvalue weighted by Gasteiger charge is 2.15. The van der Waals surface area contributed by atoms with E-state index in [1.54, 1.807) is 0 Å². The number of nitrogens with zero attached hydrogens (tertiary/aromatic N) is 2. The van der Waals surface area contributed by atoms with E-state index in [1.165, 1.54) is 0 Å². The number of halogens is 2. The van der Waals surface area contributed by atoms with Gasteiger partial charge in [-0.15, -0.1) is 0 Å². The molecule has 0 aliphatic rings. The summed E-state index contributed by atoms with van der Waals surface area (Å²) in [6, 6.07) is 2.68. The maximum absolute atomic E-state index is 13.0. The number of benzene rings is 1. The summed E-state index contributed by atoms with van der Waals surface area (Å²) in [5.41, 5.74) is 5.92. The molecule has 0 amide bonds. The second-order valence-corrected chi connectivity index (χ2v) is 3.63. The smallest absolute Gasteiger partial charge is 0.243 e. The number of nitrogens with two attached hydrogens (primary N) is 1. The van der Waals surface area contributed by atoms with Crippen LogP contribution in [0.1, 0.15) is 25.3 Å². The van der Waals surface area contributed by atoms with Gasteiger partial charge >= 0.3 is 0 Å². The molecule has 0 bridgehead atoms. The fourth-order valence-corrected chi connectivity index (χ4v) is 1.36. The lowest BCUT2D eigenvalue weighted by atomic mass is 10.2. The van der Waals surface area contributed by atoms with E-state index in [9.17, 15) is 8.78 Å². The minimum atomic E-state index is -0.689. The molecule has 0 unspecified atom stereocenters. The van der Waals surface area contributed by atoms with Crippen molar-refractivity contribution in [1.29, 1.82) is 0 Å². The Bertz CT molecular complexity index is 507. The summed E-state index contributed by atoms with van der Waals surface area (Å²) in [7, 11) is 0. The lowest BCUT2D eigenvalue weighted by molar-refractivity contribution is 0.352. The molecule has 1 heterocycles. The first-order valence-electron chi connectivity index (χ1n) is 5.15. The van der Waals surface area contributed by atoms with E-state index >= 15 is 0 Å². The summed E-state index contributed by atoms with van der Waals surface area (Å²) in [5, 5.41) is 3.64. The summed E-state index contributed by atoms with van der Waals surface area (Å²) in [5.74, 6) is -0.994. The topological polar surface area (TPSA) is 64.9 Å². The Labute approximate surface area is 96.4 Å². The fourth-order valence-electron chi connectivity index (χ4n) is 1.36. The quantitative estimate of drug-likeness (QED) is 0.893. The molecule has 0 saturated carbocycles. The average Bonchev–Trinajstić information content (AvgIpc) is 2.76. The molecule has 0 radical (unpaired) electrons. The number of rotatable bonds is 3. The lowest BCUT2D eigenvalue weighted by Crippen LogP contribution is -2.08. The lowest BCUT2D eigenvalue weighted by Gasteiger charge is -1.99. The van der Waals surface area contributed by atoms with Crippen LogP contribution < -0.4 is 5.73 Å². The van der Waals surface area contributed by atoms with Crippen molar-refractivity contribution in [3.8, 4) is 11.4 Å². The van der Waals surface area contributed by atoms with Gasteiger partial charge in [0.25, 0.3) is 0 Å². The van der Waals surface area contributed by atoms with E-state index in [2.05, 4.69) is 10.1 Å². The third-order valence-electron chi connectivity index (χ3n) is 2.32. The molecule has 0 fully saturated rings. The van der Waals surface area contributed by atoms with Gasteiger partial charge in [-0.1, -0.05) is 12.1 Å². The van der Waals surface area contributed by atoms with Gasteiger partial charge in [0.15, 0.2) is 0 Å². The van der Waals surface area contributed by atoms with E-state index in [1.807, 2.05) is 6.92 Å². The van der Waals surface area contributed by atoms with Gasteiger partial charge in [0.2, 0.25) is 11.7 Å². The average molecular weight is 239 g/mol. The Morgan fingerprint density at radius 2 is 1.94 bits per heavy atom. The highest BCUT2D eigenvalue weighted by molar-refractivity contribution is 5.54. The zero-order chi connectivity index (χ0) is 12.4. The molecule has 0 aliphatic carbocycles. The van der Waals surface area contributed by atoms with E-state index in [0.29, 0.717) is 6.42 Å². The number of aromatic nitrogens is 2. The maximum Gasteiger partial charge on any atom is 0.243 e. The van der Waals surface area contributed by atoms with Crippen molar-refractivity contribution >= 4 is 0 Å². The van der Waals surface area contributed by atoms with Crippen molar-refractivity contribution in [3.05, 3.63) is 35.7 Å². The van der Waals surface area contributed by atoms with Gasteiger partial charge in [-0.2, -0.15) is 4.98 Å². The van der Waals surface area contributed by atoms with Crippen molar-refractivity contribution in [2.75, 3.05) is 0 Å². The number of hydrogen-bond donors (Lipinski definition) is 1. The van der Waals surface area contributed by atoms with Gasteiger partial charge < -0.3 is 10.3 Å². The predicted molar refractivity (Wildman–Crippen MR) is 56.9 cm³/mol. The van der Waals surface area contributed by atoms with E-state index in [-0.39, 0.29) is 23.3 Å².